The smallest absolute Gasteiger partial charge is 0.410 e. The number of hydrogen-bond donors (Lipinski definition) is 0. The second kappa shape index (κ2) is 14.9. The van der Waals surface area contributed by atoms with Crippen LogP contribution in [0.3, 0.4) is 0 Å². The van der Waals surface area contributed by atoms with Gasteiger partial charge in [0.15, 0.2) is 15.6 Å². The van der Waals surface area contributed by atoms with Crippen molar-refractivity contribution in [1.82, 2.24) is 24.5 Å². The number of benzene rings is 1. The number of piperidine rings is 1. The zero-order valence-electron chi connectivity index (χ0n) is 29.2. The van der Waals surface area contributed by atoms with Crippen molar-refractivity contribution in [2.24, 2.45) is 0 Å². The highest BCUT2D eigenvalue weighted by molar-refractivity contribution is 9.10. The molecule has 0 atom stereocenters. The standard InChI is InChI=1S/C37H46BrN5O6S/c1-5-50(46,47)34-12-11-29(44)23-30(34)33-25-41(21-22-48-33)28-13-18-40(19-14-28)16-6-17-43-32-15-20-42(36(45)49-37(2,3)4)24-31(32)35(39-43)26-7-9-27(38)10-8-26/h7-12,21-22,25,28H,5-6,13-20,23-24H2,1-4H3. The second-order valence-corrected chi connectivity index (χ2v) is 17.3. The highest BCUT2D eigenvalue weighted by atomic mass is 79.9. The molecule has 4 aliphatic rings. The lowest BCUT2D eigenvalue weighted by molar-refractivity contribution is -0.114. The third-order valence-corrected chi connectivity index (χ3v) is 11.8. The molecule has 1 aromatic heterocycles. The van der Waals surface area contributed by atoms with E-state index in [0.29, 0.717) is 24.4 Å². The number of nitrogens with zero attached hydrogens (tertiary/aromatic N) is 5. The fourth-order valence-electron chi connectivity index (χ4n) is 6.89. The van der Waals surface area contributed by atoms with Crippen molar-refractivity contribution in [1.29, 1.82) is 0 Å². The third kappa shape index (κ3) is 8.26. The zero-order valence-corrected chi connectivity index (χ0v) is 31.6. The Morgan fingerprint density at radius 1 is 1.08 bits per heavy atom. The van der Waals surface area contributed by atoms with Crippen molar-refractivity contribution in [3.05, 3.63) is 87.0 Å². The SMILES string of the molecule is CCS(=O)(=O)C1=C(C2=CN(C3CCN(CCCn4nc(-c5ccc(Br)cc5)c5c4CCN(C(=O)OC(C)(C)C)C5)CC3)C=CO2)CC(=O)C=C1. The van der Waals surface area contributed by atoms with Gasteiger partial charge in [0, 0.05) is 84.3 Å². The van der Waals surface area contributed by atoms with E-state index in [9.17, 15) is 18.0 Å². The Bertz CT molecular complexity index is 1850. The first kappa shape index (κ1) is 36.1. The van der Waals surface area contributed by atoms with E-state index in [2.05, 4.69) is 42.5 Å². The molecule has 0 saturated carbocycles. The van der Waals surface area contributed by atoms with Crippen LogP contribution < -0.4 is 0 Å². The molecule has 0 spiro atoms. The molecule has 1 aliphatic carbocycles. The molecule has 1 aromatic carbocycles. The van der Waals surface area contributed by atoms with E-state index in [-0.39, 0.29) is 35.0 Å². The molecule has 0 bridgehead atoms. The summed E-state index contributed by atoms with van der Waals surface area (Å²) in [5.74, 6) is 0.230. The molecule has 1 fully saturated rings. The van der Waals surface area contributed by atoms with Crippen LogP contribution in [-0.2, 0) is 43.6 Å². The number of likely N-dealkylation sites (tertiary alicyclic amines) is 1. The molecule has 0 unspecified atom stereocenters. The number of ether oxygens (including phenoxy) is 2. The maximum Gasteiger partial charge on any atom is 0.410 e. The number of amides is 1. The molecule has 1 saturated heterocycles. The molecule has 4 heterocycles. The summed E-state index contributed by atoms with van der Waals surface area (Å²) in [6.45, 7) is 11.9. The predicted octanol–water partition coefficient (Wildman–Crippen LogP) is 6.32. The van der Waals surface area contributed by atoms with Crippen LogP contribution in [0.5, 0.6) is 0 Å². The number of rotatable bonds is 9. The normalized spacial score (nSPS) is 19.1. The van der Waals surface area contributed by atoms with Gasteiger partial charge >= 0.3 is 6.09 Å². The molecule has 50 heavy (non-hydrogen) atoms. The lowest BCUT2D eigenvalue weighted by Gasteiger charge is -2.37. The number of carbonyl (C=O) groups is 2. The number of fused-ring (bicyclic) bond motifs is 1. The minimum atomic E-state index is -3.51. The largest absolute Gasteiger partial charge is 0.462 e. The Morgan fingerprint density at radius 3 is 2.52 bits per heavy atom. The van der Waals surface area contributed by atoms with Crippen molar-refractivity contribution in [2.75, 3.05) is 31.9 Å². The van der Waals surface area contributed by atoms with E-state index in [4.69, 9.17) is 14.6 Å². The maximum absolute atomic E-state index is 13.0. The highest BCUT2D eigenvalue weighted by Gasteiger charge is 2.32. The van der Waals surface area contributed by atoms with Crippen LogP contribution in [0, 0.1) is 0 Å². The van der Waals surface area contributed by atoms with Crippen molar-refractivity contribution in [2.45, 2.75) is 84.5 Å². The van der Waals surface area contributed by atoms with E-state index in [1.54, 1.807) is 18.1 Å². The predicted molar refractivity (Wildman–Crippen MR) is 195 cm³/mol. The van der Waals surface area contributed by atoms with Crippen LogP contribution >= 0.6 is 15.9 Å². The van der Waals surface area contributed by atoms with Crippen molar-refractivity contribution in [3.8, 4) is 11.3 Å². The van der Waals surface area contributed by atoms with Crippen LogP contribution in [0.2, 0.25) is 0 Å². The van der Waals surface area contributed by atoms with E-state index >= 15 is 0 Å². The number of halogens is 1. The van der Waals surface area contributed by atoms with E-state index < -0.39 is 15.4 Å². The average molecular weight is 769 g/mol. The first-order valence-electron chi connectivity index (χ1n) is 17.4. The molecule has 11 nitrogen and oxygen atoms in total. The summed E-state index contributed by atoms with van der Waals surface area (Å²) in [5.41, 5.74) is 4.07. The van der Waals surface area contributed by atoms with Crippen LogP contribution in [0.1, 0.15) is 64.6 Å². The second-order valence-electron chi connectivity index (χ2n) is 14.1. The van der Waals surface area contributed by atoms with Gasteiger partial charge in [-0.25, -0.2) is 13.2 Å². The van der Waals surface area contributed by atoms with Gasteiger partial charge < -0.3 is 24.2 Å². The number of carbonyl (C=O) groups excluding carboxylic acids is 2. The van der Waals surface area contributed by atoms with Gasteiger partial charge in [-0.05, 0) is 70.9 Å². The highest BCUT2D eigenvalue weighted by Crippen LogP contribution is 2.34. The summed E-state index contributed by atoms with van der Waals surface area (Å²) in [6.07, 6.45) is 11.3. The summed E-state index contributed by atoms with van der Waals surface area (Å²) >= 11 is 3.54. The van der Waals surface area contributed by atoms with E-state index in [1.165, 1.54) is 17.8 Å². The van der Waals surface area contributed by atoms with Gasteiger partial charge in [0.25, 0.3) is 0 Å². The number of allylic oxidation sites excluding steroid dienone is 3. The van der Waals surface area contributed by atoms with Gasteiger partial charge in [0.2, 0.25) is 0 Å². The Balaban J connectivity index is 1.08. The van der Waals surface area contributed by atoms with Gasteiger partial charge in [-0.1, -0.05) is 35.0 Å². The van der Waals surface area contributed by atoms with E-state index in [1.807, 2.05) is 45.3 Å². The lowest BCUT2D eigenvalue weighted by atomic mass is 10.0. The Labute approximate surface area is 303 Å². The van der Waals surface area contributed by atoms with Crippen molar-refractivity contribution < 1.29 is 27.5 Å². The molecule has 3 aliphatic heterocycles. The van der Waals surface area contributed by atoms with Gasteiger partial charge in [0.1, 0.15) is 17.6 Å². The average Bonchev–Trinajstić information content (AvgIpc) is 3.45. The quantitative estimate of drug-likeness (QED) is 0.289. The van der Waals surface area contributed by atoms with Gasteiger partial charge in [-0.3, -0.25) is 9.48 Å². The van der Waals surface area contributed by atoms with Crippen LogP contribution in [-0.4, -0.2) is 88.3 Å². The minimum Gasteiger partial charge on any atom is -0.462 e. The fraction of sp³-hybridized carbons (Fsp3) is 0.486. The summed E-state index contributed by atoms with van der Waals surface area (Å²) in [6, 6.07) is 8.39. The molecular weight excluding hydrogens is 722 g/mol. The molecule has 268 valence electrons. The monoisotopic (exact) mass is 767 g/mol. The topological polar surface area (TPSA) is 114 Å². The zero-order chi connectivity index (χ0) is 35.6. The van der Waals surface area contributed by atoms with Gasteiger partial charge in [-0.2, -0.15) is 5.10 Å². The van der Waals surface area contributed by atoms with Crippen molar-refractivity contribution >= 4 is 37.6 Å². The van der Waals surface area contributed by atoms with Crippen molar-refractivity contribution in [3.63, 3.8) is 0 Å². The Kier molecular flexibility index (Phi) is 10.8. The number of sulfone groups is 1. The Hall–Kier alpha value is -3.68. The molecular formula is C37H46BrN5O6S. The number of hydrogen-bond acceptors (Lipinski definition) is 9. The number of aromatic nitrogens is 2. The summed E-state index contributed by atoms with van der Waals surface area (Å²) < 4.78 is 40.1. The number of ketones is 1. The summed E-state index contributed by atoms with van der Waals surface area (Å²) in [7, 11) is -3.51. The van der Waals surface area contributed by atoms with Gasteiger partial charge in [-0.15, -0.1) is 0 Å². The Morgan fingerprint density at radius 2 is 1.82 bits per heavy atom. The minimum absolute atomic E-state index is 0.00308. The summed E-state index contributed by atoms with van der Waals surface area (Å²) in [4.78, 5) is 31.7. The van der Waals surface area contributed by atoms with Crippen LogP contribution in [0.25, 0.3) is 11.3 Å². The lowest BCUT2D eigenvalue weighted by Crippen LogP contribution is -2.42. The fourth-order valence-corrected chi connectivity index (χ4v) is 8.29. The molecule has 2 aromatic rings. The summed E-state index contributed by atoms with van der Waals surface area (Å²) in [5, 5.41) is 5.10. The molecule has 0 radical (unpaired) electrons. The number of aryl methyl sites for hydroxylation is 1. The van der Waals surface area contributed by atoms with E-state index in [0.717, 1.165) is 73.2 Å². The third-order valence-electron chi connectivity index (χ3n) is 9.50. The van der Waals surface area contributed by atoms with Gasteiger partial charge in [0.05, 0.1) is 22.9 Å². The molecule has 0 N–H and O–H groups in total. The molecule has 6 rings (SSSR count). The molecule has 1 amide bonds. The first-order chi connectivity index (χ1) is 23.8. The molecule has 13 heteroatoms. The van der Waals surface area contributed by atoms with Crippen LogP contribution in [0.4, 0.5) is 4.79 Å². The first-order valence-corrected chi connectivity index (χ1v) is 19.8. The maximum atomic E-state index is 13.0. The van der Waals surface area contributed by atoms with Crippen LogP contribution in [0.15, 0.2) is 75.8 Å².